The van der Waals surface area contributed by atoms with Gasteiger partial charge in [-0.05, 0) is 38.0 Å². The number of ether oxygens (including phenoxy) is 1. The number of rotatable bonds is 4. The molecule has 0 radical (unpaired) electrons. The molecule has 0 bridgehead atoms. The van der Waals surface area contributed by atoms with Crippen LogP contribution in [0.3, 0.4) is 0 Å². The van der Waals surface area contributed by atoms with E-state index in [1.54, 1.807) is 31.1 Å². The molecule has 3 aromatic rings. The van der Waals surface area contributed by atoms with Gasteiger partial charge in [0.25, 0.3) is 18.0 Å². The van der Waals surface area contributed by atoms with Crippen molar-refractivity contribution in [2.24, 2.45) is 0 Å². The number of likely N-dealkylation sites (tertiary alicyclic amines) is 1. The van der Waals surface area contributed by atoms with E-state index in [2.05, 4.69) is 10.1 Å². The van der Waals surface area contributed by atoms with Crippen LogP contribution < -0.4 is 4.74 Å². The molecule has 1 amide bonds. The third-order valence-electron chi connectivity index (χ3n) is 5.02. The minimum atomic E-state index is -2.65. The smallest absolute Gasteiger partial charge is 0.264 e. The number of nitrogens with zero attached hydrogens (tertiary/aromatic N) is 3. The van der Waals surface area contributed by atoms with E-state index in [0.717, 1.165) is 12.8 Å². The van der Waals surface area contributed by atoms with Crippen LogP contribution >= 0.6 is 11.3 Å². The van der Waals surface area contributed by atoms with Gasteiger partial charge in [-0.3, -0.25) is 4.79 Å². The number of carbonyl (C=O) groups excluding carboxylic acids is 1. The van der Waals surface area contributed by atoms with Crippen LogP contribution in [0.4, 0.5) is 8.78 Å². The summed E-state index contributed by atoms with van der Waals surface area (Å²) in [6.07, 6.45) is -1.11. The highest BCUT2D eigenvalue weighted by molar-refractivity contribution is 7.15. The summed E-state index contributed by atoms with van der Waals surface area (Å²) in [5.41, 5.74) is 0.915. The van der Waals surface area contributed by atoms with Crippen LogP contribution in [0.1, 0.15) is 51.8 Å². The lowest BCUT2D eigenvalue weighted by molar-refractivity contribution is 0.0710. The summed E-state index contributed by atoms with van der Waals surface area (Å²) in [6, 6.07) is 4.94. The highest BCUT2D eigenvalue weighted by Gasteiger charge is 2.29. The molecule has 0 saturated carbocycles. The van der Waals surface area contributed by atoms with Crippen LogP contribution in [-0.4, -0.2) is 41.1 Å². The topological polar surface area (TPSA) is 68.5 Å². The van der Waals surface area contributed by atoms with Gasteiger partial charge < -0.3 is 14.2 Å². The van der Waals surface area contributed by atoms with E-state index >= 15 is 0 Å². The Morgan fingerprint density at radius 2 is 2.25 bits per heavy atom. The third-order valence-corrected chi connectivity index (χ3v) is 6.06. The van der Waals surface area contributed by atoms with Crippen LogP contribution in [-0.2, 0) is 0 Å². The Morgan fingerprint density at radius 3 is 2.96 bits per heavy atom. The van der Waals surface area contributed by atoms with Crippen molar-refractivity contribution in [3.8, 4) is 5.06 Å². The average molecular weight is 407 g/mol. The minimum Gasteiger partial charge on any atom is -0.487 e. The Morgan fingerprint density at radius 1 is 1.43 bits per heavy atom. The van der Waals surface area contributed by atoms with Crippen molar-refractivity contribution in [1.82, 2.24) is 15.0 Å². The van der Waals surface area contributed by atoms with Gasteiger partial charge >= 0.3 is 0 Å². The second-order valence-electron chi connectivity index (χ2n) is 6.80. The molecule has 9 heteroatoms. The summed E-state index contributed by atoms with van der Waals surface area (Å²) >= 11 is 1.29. The summed E-state index contributed by atoms with van der Waals surface area (Å²) in [5, 5.41) is 4.72. The lowest BCUT2D eigenvalue weighted by Gasteiger charge is -2.32. The normalized spacial score (nSPS) is 17.5. The molecule has 0 aliphatic carbocycles. The van der Waals surface area contributed by atoms with Gasteiger partial charge in [0.15, 0.2) is 5.06 Å². The number of fused-ring (bicyclic) bond motifs is 1. The highest BCUT2D eigenvalue weighted by atomic mass is 32.1. The summed E-state index contributed by atoms with van der Waals surface area (Å²) in [6.45, 7) is 2.67. The largest absolute Gasteiger partial charge is 0.487 e. The molecule has 1 atom stereocenters. The Labute approximate surface area is 164 Å². The average Bonchev–Trinajstić information content (AvgIpc) is 3.34. The molecule has 0 spiro atoms. The van der Waals surface area contributed by atoms with Gasteiger partial charge in [-0.1, -0.05) is 16.5 Å². The van der Waals surface area contributed by atoms with Crippen LogP contribution in [0.5, 0.6) is 5.06 Å². The Kier molecular flexibility index (Phi) is 5.01. The number of hydrogen-bond donors (Lipinski definition) is 0. The summed E-state index contributed by atoms with van der Waals surface area (Å²) in [4.78, 5) is 19.6. The maximum absolute atomic E-state index is 13.6. The number of hydrogen-bond acceptors (Lipinski definition) is 6. The minimum absolute atomic E-state index is 0.0799. The lowest BCUT2D eigenvalue weighted by atomic mass is 9.92. The number of methoxy groups -OCH3 is 1. The molecule has 0 N–H and O–H groups in total. The quantitative estimate of drug-likeness (QED) is 0.634. The molecular formula is C19H19F2N3O3S. The lowest BCUT2D eigenvalue weighted by Crippen LogP contribution is -2.39. The van der Waals surface area contributed by atoms with E-state index in [-0.39, 0.29) is 28.5 Å². The molecule has 148 valence electrons. The standard InChI is InChI=1S/C19H19F2N3O3S/c1-10-16-12(17(20)21)8-13(22-18(16)27-23-10)11-4-3-7-24(9-11)19(25)14-5-6-15(26-2)28-14/h5-6,8,11,17H,3-4,7,9H2,1-2H3/t11-/m0/s1. The molecule has 6 nitrogen and oxygen atoms in total. The van der Waals surface area contributed by atoms with E-state index < -0.39 is 6.43 Å². The van der Waals surface area contributed by atoms with E-state index in [4.69, 9.17) is 9.26 Å². The van der Waals surface area contributed by atoms with Crippen molar-refractivity contribution in [1.29, 1.82) is 0 Å². The summed E-state index contributed by atoms with van der Waals surface area (Å²) in [7, 11) is 1.56. The predicted molar refractivity (Wildman–Crippen MR) is 100 cm³/mol. The van der Waals surface area contributed by atoms with Gasteiger partial charge in [0.2, 0.25) is 0 Å². The molecular weight excluding hydrogens is 388 g/mol. The zero-order chi connectivity index (χ0) is 19.8. The molecule has 0 aromatic carbocycles. The van der Waals surface area contributed by atoms with Gasteiger partial charge in [-0.25, -0.2) is 13.8 Å². The second-order valence-corrected chi connectivity index (χ2v) is 7.84. The molecule has 1 aliphatic heterocycles. The fraction of sp³-hybridized carbons (Fsp3) is 0.421. The maximum Gasteiger partial charge on any atom is 0.264 e. The summed E-state index contributed by atoms with van der Waals surface area (Å²) in [5.74, 6) is -0.212. The number of carbonyl (C=O) groups is 1. The third kappa shape index (κ3) is 3.34. The van der Waals surface area contributed by atoms with Crippen molar-refractivity contribution in [2.75, 3.05) is 20.2 Å². The number of pyridine rings is 1. The van der Waals surface area contributed by atoms with E-state index in [1.807, 2.05) is 0 Å². The van der Waals surface area contributed by atoms with Gasteiger partial charge in [0, 0.05) is 30.3 Å². The van der Waals surface area contributed by atoms with Gasteiger partial charge in [0.1, 0.15) is 0 Å². The van der Waals surface area contributed by atoms with Crippen LogP contribution in [0, 0.1) is 6.92 Å². The molecule has 1 saturated heterocycles. The van der Waals surface area contributed by atoms with Crippen LogP contribution in [0.2, 0.25) is 0 Å². The number of halogens is 2. The first-order chi connectivity index (χ1) is 13.5. The van der Waals surface area contributed by atoms with E-state index in [1.165, 1.54) is 17.4 Å². The van der Waals surface area contributed by atoms with Gasteiger partial charge in [-0.15, -0.1) is 0 Å². The van der Waals surface area contributed by atoms with Crippen molar-refractivity contribution in [2.45, 2.75) is 32.1 Å². The molecule has 28 heavy (non-hydrogen) atoms. The number of piperidine rings is 1. The zero-order valence-corrected chi connectivity index (χ0v) is 16.3. The molecule has 1 aliphatic rings. The Hall–Kier alpha value is -2.55. The SMILES string of the molecule is COc1ccc(C(=O)N2CCC[C@H](c3cc(C(F)F)c4c(C)noc4n3)C2)s1. The molecule has 1 fully saturated rings. The molecule has 4 heterocycles. The molecule has 3 aromatic heterocycles. The van der Waals surface area contributed by atoms with Crippen molar-refractivity contribution < 1.29 is 22.8 Å². The Bertz CT molecular complexity index is 1020. The number of amides is 1. The maximum atomic E-state index is 13.6. The Balaban J connectivity index is 1.61. The fourth-order valence-electron chi connectivity index (χ4n) is 3.63. The second kappa shape index (κ2) is 7.46. The van der Waals surface area contributed by atoms with Crippen molar-refractivity contribution in [3.05, 3.63) is 40.0 Å². The first kappa shape index (κ1) is 18.8. The van der Waals surface area contributed by atoms with Crippen molar-refractivity contribution in [3.63, 3.8) is 0 Å². The molecule has 0 unspecified atom stereocenters. The van der Waals surface area contributed by atoms with Gasteiger partial charge in [0.05, 0.1) is 23.1 Å². The number of aryl methyl sites for hydroxylation is 1. The van der Waals surface area contributed by atoms with Crippen molar-refractivity contribution >= 4 is 28.3 Å². The van der Waals surface area contributed by atoms with Crippen LogP contribution in [0.15, 0.2) is 22.7 Å². The molecule has 4 rings (SSSR count). The number of aromatic nitrogens is 2. The van der Waals surface area contributed by atoms with Gasteiger partial charge in [-0.2, -0.15) is 0 Å². The zero-order valence-electron chi connectivity index (χ0n) is 15.4. The predicted octanol–water partition coefficient (Wildman–Crippen LogP) is 4.56. The first-order valence-corrected chi connectivity index (χ1v) is 9.77. The fourth-order valence-corrected chi connectivity index (χ4v) is 4.42. The van der Waals surface area contributed by atoms with E-state index in [9.17, 15) is 13.6 Å². The monoisotopic (exact) mass is 407 g/mol. The summed E-state index contributed by atoms with van der Waals surface area (Å²) < 4.78 is 37.5. The number of thiophene rings is 1. The van der Waals surface area contributed by atoms with Crippen LogP contribution in [0.25, 0.3) is 11.1 Å². The highest BCUT2D eigenvalue weighted by Crippen LogP contribution is 2.35. The first-order valence-electron chi connectivity index (χ1n) is 8.96. The van der Waals surface area contributed by atoms with E-state index in [0.29, 0.717) is 34.4 Å². The number of alkyl halides is 2.